The minimum atomic E-state index is -4.62. The maximum absolute atomic E-state index is 12.5. The van der Waals surface area contributed by atoms with Crippen molar-refractivity contribution in [2.24, 2.45) is 34.1 Å². The van der Waals surface area contributed by atoms with Crippen LogP contribution in [0.2, 0.25) is 0 Å². The lowest BCUT2D eigenvalue weighted by Crippen LogP contribution is -2.51. The van der Waals surface area contributed by atoms with Gasteiger partial charge in [0.15, 0.2) is 0 Å². The molecule has 0 radical (unpaired) electrons. The first-order valence-corrected chi connectivity index (χ1v) is 13.0. The van der Waals surface area contributed by atoms with E-state index in [-0.39, 0.29) is 25.0 Å². The van der Waals surface area contributed by atoms with Crippen molar-refractivity contribution >= 4 is 28.3 Å². The molecule has 1 aromatic carbocycles. The summed E-state index contributed by atoms with van der Waals surface area (Å²) in [4.78, 5) is 35.4. The number of esters is 1. The largest absolute Gasteiger partial charge is 0.462 e. The smallest absolute Gasteiger partial charge is 0.421 e. The van der Waals surface area contributed by atoms with Gasteiger partial charge in [0.1, 0.15) is 0 Å². The molecule has 12 heteroatoms. The van der Waals surface area contributed by atoms with Crippen LogP contribution in [0.4, 0.5) is 4.79 Å². The van der Waals surface area contributed by atoms with Gasteiger partial charge in [0, 0.05) is 5.92 Å². The van der Waals surface area contributed by atoms with Gasteiger partial charge in [-0.1, -0.05) is 45.9 Å². The summed E-state index contributed by atoms with van der Waals surface area (Å²) in [7, 11) is -4.62. The third kappa shape index (κ3) is 8.75. The number of amides is 3. The van der Waals surface area contributed by atoms with E-state index in [1.807, 2.05) is 13.8 Å². The quantitative estimate of drug-likeness (QED) is 0.291. The molecule has 1 atom stereocenters. The highest BCUT2D eigenvalue weighted by Crippen LogP contribution is 2.38. The molecule has 36 heavy (non-hydrogen) atoms. The summed E-state index contributed by atoms with van der Waals surface area (Å²) in [5, 5.41) is 0.553. The van der Waals surface area contributed by atoms with Crippen molar-refractivity contribution in [1.29, 1.82) is 0 Å². The first-order chi connectivity index (χ1) is 16.5. The Morgan fingerprint density at radius 2 is 1.58 bits per heavy atom. The number of nitrogens with zero attached hydrogens (tertiary/aromatic N) is 1. The van der Waals surface area contributed by atoms with E-state index in [9.17, 15) is 22.8 Å². The van der Waals surface area contributed by atoms with Crippen molar-refractivity contribution in [3.8, 4) is 0 Å². The van der Waals surface area contributed by atoms with Crippen molar-refractivity contribution in [3.63, 3.8) is 0 Å². The van der Waals surface area contributed by atoms with E-state index in [0.717, 1.165) is 0 Å². The number of hydroxylamine groups is 2. The van der Waals surface area contributed by atoms with Crippen LogP contribution in [0.5, 0.6) is 0 Å². The molecule has 0 spiro atoms. The normalized spacial score (nSPS) is 19.1. The summed E-state index contributed by atoms with van der Waals surface area (Å²) in [6, 6.07) is 6.81. The fraction of sp³-hybridized carbons (Fsp3) is 0.625. The molecule has 3 amide bonds. The lowest BCUT2D eigenvalue weighted by molar-refractivity contribution is -0.130. The molecule has 0 aliphatic heterocycles. The first-order valence-electron chi connectivity index (χ1n) is 11.7. The van der Waals surface area contributed by atoms with E-state index in [1.54, 1.807) is 51.1 Å². The topological polar surface area (TPSA) is 168 Å². The van der Waals surface area contributed by atoms with Crippen molar-refractivity contribution in [2.75, 3.05) is 13.2 Å². The molecule has 2 rings (SSSR count). The van der Waals surface area contributed by atoms with Gasteiger partial charge < -0.3 is 16.2 Å². The standard InChI is InChI=1S/C24H37N3O8S/c1-16(18-11-19(12-18)20(25)28)27(22(26)30)35-36(31,32)34-15-24(4,5)13-23(2,3)14-33-21(29)17-9-7-6-8-10-17/h6-10,16,18-19H,11-15H2,1-5H3,(H2,25,28)(H2,26,30)/t16-,18?,19?/m0/s1. The average molecular weight is 528 g/mol. The van der Waals surface area contributed by atoms with Crippen LogP contribution in [0.3, 0.4) is 0 Å². The van der Waals surface area contributed by atoms with E-state index in [0.29, 0.717) is 29.9 Å². The monoisotopic (exact) mass is 527 g/mol. The van der Waals surface area contributed by atoms with Crippen LogP contribution in [0.25, 0.3) is 0 Å². The molecule has 0 unspecified atom stereocenters. The van der Waals surface area contributed by atoms with E-state index >= 15 is 0 Å². The van der Waals surface area contributed by atoms with Gasteiger partial charge in [0.05, 0.1) is 24.8 Å². The zero-order chi connectivity index (χ0) is 27.3. The molecule has 4 N–H and O–H groups in total. The highest BCUT2D eigenvalue weighted by atomic mass is 32.3. The Balaban J connectivity index is 1.90. The fourth-order valence-electron chi connectivity index (χ4n) is 4.45. The molecule has 1 aromatic rings. The number of nitrogens with two attached hydrogens (primary N) is 2. The van der Waals surface area contributed by atoms with Crippen molar-refractivity contribution in [1.82, 2.24) is 5.06 Å². The fourth-order valence-corrected chi connectivity index (χ4v) is 5.36. The molecular weight excluding hydrogens is 490 g/mol. The van der Waals surface area contributed by atoms with E-state index in [2.05, 4.69) is 0 Å². The average Bonchev–Trinajstić information content (AvgIpc) is 2.73. The van der Waals surface area contributed by atoms with Crippen LogP contribution in [0, 0.1) is 22.7 Å². The number of benzene rings is 1. The Morgan fingerprint density at radius 3 is 2.11 bits per heavy atom. The Morgan fingerprint density at radius 1 is 1.03 bits per heavy atom. The zero-order valence-electron chi connectivity index (χ0n) is 21.4. The maximum Gasteiger partial charge on any atom is 0.421 e. The molecule has 1 fully saturated rings. The summed E-state index contributed by atoms with van der Waals surface area (Å²) in [6.45, 7) is 8.84. The second kappa shape index (κ2) is 11.6. The number of carbonyl (C=O) groups is 3. The van der Waals surface area contributed by atoms with Gasteiger partial charge >= 0.3 is 22.4 Å². The number of hydrogen-bond donors (Lipinski definition) is 2. The van der Waals surface area contributed by atoms with E-state index < -0.39 is 45.2 Å². The third-order valence-corrected chi connectivity index (χ3v) is 6.92. The minimum Gasteiger partial charge on any atom is -0.462 e. The van der Waals surface area contributed by atoms with Crippen LogP contribution in [0.1, 0.15) is 64.2 Å². The molecule has 1 aliphatic carbocycles. The number of ether oxygens (including phenoxy) is 1. The highest BCUT2D eigenvalue weighted by molar-refractivity contribution is 7.81. The Labute approximate surface area is 212 Å². The predicted octanol–water partition coefficient (Wildman–Crippen LogP) is 2.76. The van der Waals surface area contributed by atoms with E-state index in [4.69, 9.17) is 24.7 Å². The highest BCUT2D eigenvalue weighted by Gasteiger charge is 2.41. The van der Waals surface area contributed by atoms with Gasteiger partial charge in [0.25, 0.3) is 0 Å². The van der Waals surface area contributed by atoms with Crippen LogP contribution in [-0.2, 0) is 28.4 Å². The van der Waals surface area contributed by atoms with Gasteiger partial charge in [-0.3, -0.25) is 4.79 Å². The Kier molecular flexibility index (Phi) is 9.49. The van der Waals surface area contributed by atoms with Gasteiger partial charge in [-0.25, -0.2) is 13.8 Å². The summed E-state index contributed by atoms with van der Waals surface area (Å²) in [5.74, 6) is -1.40. The third-order valence-electron chi connectivity index (χ3n) is 6.17. The molecule has 202 valence electrons. The summed E-state index contributed by atoms with van der Waals surface area (Å²) >= 11 is 0. The minimum absolute atomic E-state index is 0.119. The molecule has 0 bridgehead atoms. The number of primary amides is 2. The second-order valence-electron chi connectivity index (χ2n) is 10.9. The maximum atomic E-state index is 12.5. The van der Waals surface area contributed by atoms with Crippen LogP contribution in [0.15, 0.2) is 30.3 Å². The molecule has 0 heterocycles. The van der Waals surface area contributed by atoms with E-state index in [1.165, 1.54) is 0 Å². The number of rotatable bonds is 13. The van der Waals surface area contributed by atoms with Gasteiger partial charge in [-0.05, 0) is 55.1 Å². The van der Waals surface area contributed by atoms with Crippen LogP contribution >= 0.6 is 0 Å². The number of urea groups is 1. The predicted molar refractivity (Wildman–Crippen MR) is 131 cm³/mol. The lowest BCUT2D eigenvalue weighted by atomic mass is 9.71. The van der Waals surface area contributed by atoms with Crippen molar-refractivity contribution in [2.45, 2.75) is 59.9 Å². The van der Waals surface area contributed by atoms with Gasteiger partial charge in [-0.15, -0.1) is 4.28 Å². The SMILES string of the molecule is C[C@@H](C1CC(C(N)=O)C1)N(OS(=O)(=O)OCC(C)(C)CC(C)(C)COC(=O)c1ccccc1)C(N)=O. The molecule has 1 aliphatic rings. The molecule has 1 saturated carbocycles. The number of carbonyl (C=O) groups excluding carboxylic acids is 3. The Bertz CT molecular complexity index is 1040. The lowest BCUT2D eigenvalue weighted by Gasteiger charge is -2.40. The van der Waals surface area contributed by atoms with Crippen LogP contribution < -0.4 is 11.5 Å². The Hall–Kier alpha value is -2.70. The molecule has 11 nitrogen and oxygen atoms in total. The zero-order valence-corrected chi connectivity index (χ0v) is 22.2. The summed E-state index contributed by atoms with van der Waals surface area (Å²) in [5.41, 5.74) is 9.89. The summed E-state index contributed by atoms with van der Waals surface area (Å²) < 4.78 is 40.4. The summed E-state index contributed by atoms with van der Waals surface area (Å²) in [6.07, 6.45) is 1.26. The first kappa shape index (κ1) is 29.5. The molecule has 0 saturated heterocycles. The van der Waals surface area contributed by atoms with Crippen molar-refractivity contribution in [3.05, 3.63) is 35.9 Å². The van der Waals surface area contributed by atoms with Gasteiger partial charge in [0.2, 0.25) is 5.91 Å². The second-order valence-corrected chi connectivity index (χ2v) is 12.1. The number of hydrogen-bond acceptors (Lipinski definition) is 8. The van der Waals surface area contributed by atoms with Crippen LogP contribution in [-0.4, -0.2) is 50.6 Å². The molecule has 0 aromatic heterocycles. The van der Waals surface area contributed by atoms with Gasteiger partial charge in [-0.2, -0.15) is 13.5 Å². The molecular formula is C24H37N3O8S. The van der Waals surface area contributed by atoms with Crippen molar-refractivity contribution < 1.29 is 36.0 Å².